The quantitative estimate of drug-likeness (QED) is 0.740. The van der Waals surface area contributed by atoms with Gasteiger partial charge in [0, 0.05) is 11.3 Å². The Bertz CT molecular complexity index is 725. The summed E-state index contributed by atoms with van der Waals surface area (Å²) in [5.74, 6) is 0.756. The average Bonchev–Trinajstić information content (AvgIpc) is 2.86. The second-order valence-corrected chi connectivity index (χ2v) is 5.25. The first-order valence-corrected chi connectivity index (χ1v) is 7.13. The number of nitrogens with one attached hydrogen (secondary N) is 1. The van der Waals surface area contributed by atoms with Crippen LogP contribution in [0.25, 0.3) is 10.2 Å². The molecule has 6 heteroatoms. The SMILES string of the molecule is CCc1c(Cl)ncnc1Nc1ccc2ncsc2c1. The van der Waals surface area contributed by atoms with Crippen molar-refractivity contribution in [3.05, 3.63) is 40.8 Å². The van der Waals surface area contributed by atoms with Gasteiger partial charge in [0.15, 0.2) is 0 Å². The molecule has 1 aromatic carbocycles. The molecule has 0 saturated carbocycles. The van der Waals surface area contributed by atoms with Crippen LogP contribution in [0.3, 0.4) is 0 Å². The third kappa shape index (κ3) is 2.39. The van der Waals surface area contributed by atoms with E-state index in [4.69, 9.17) is 11.6 Å². The molecule has 0 amide bonds. The molecule has 0 aliphatic heterocycles. The number of aromatic nitrogens is 3. The van der Waals surface area contributed by atoms with Crippen LogP contribution in [0.4, 0.5) is 11.5 Å². The first-order chi connectivity index (χ1) is 9.28. The van der Waals surface area contributed by atoms with Crippen molar-refractivity contribution in [2.75, 3.05) is 5.32 Å². The number of nitrogens with zero attached hydrogens (tertiary/aromatic N) is 3. The zero-order chi connectivity index (χ0) is 13.2. The summed E-state index contributed by atoms with van der Waals surface area (Å²) in [4.78, 5) is 12.5. The predicted molar refractivity (Wildman–Crippen MR) is 79.3 cm³/mol. The fraction of sp³-hybridized carbons (Fsp3) is 0.154. The van der Waals surface area contributed by atoms with Gasteiger partial charge in [-0.2, -0.15) is 0 Å². The molecule has 0 aliphatic rings. The molecule has 3 aromatic rings. The second-order valence-electron chi connectivity index (χ2n) is 4.01. The molecule has 0 bridgehead atoms. The first-order valence-electron chi connectivity index (χ1n) is 5.87. The van der Waals surface area contributed by atoms with Crippen LogP contribution in [0.5, 0.6) is 0 Å². The summed E-state index contributed by atoms with van der Waals surface area (Å²) in [7, 11) is 0. The number of benzene rings is 1. The van der Waals surface area contributed by atoms with E-state index < -0.39 is 0 Å². The van der Waals surface area contributed by atoms with Crippen LogP contribution in [-0.4, -0.2) is 15.0 Å². The number of fused-ring (bicyclic) bond motifs is 1. The molecular weight excluding hydrogens is 280 g/mol. The summed E-state index contributed by atoms with van der Waals surface area (Å²) >= 11 is 7.69. The van der Waals surface area contributed by atoms with Gasteiger partial charge in [-0.3, -0.25) is 0 Å². The zero-order valence-corrected chi connectivity index (χ0v) is 11.8. The summed E-state index contributed by atoms with van der Waals surface area (Å²) in [6.07, 6.45) is 2.25. The van der Waals surface area contributed by atoms with Gasteiger partial charge in [0.2, 0.25) is 0 Å². The topological polar surface area (TPSA) is 50.7 Å². The Hall–Kier alpha value is -1.72. The Morgan fingerprint density at radius 1 is 1.26 bits per heavy atom. The number of anilines is 2. The van der Waals surface area contributed by atoms with Crippen molar-refractivity contribution in [3.8, 4) is 0 Å². The average molecular weight is 291 g/mol. The lowest BCUT2D eigenvalue weighted by Crippen LogP contribution is -2.00. The molecule has 0 atom stereocenters. The van der Waals surface area contributed by atoms with E-state index in [0.717, 1.165) is 33.7 Å². The van der Waals surface area contributed by atoms with Crippen molar-refractivity contribution < 1.29 is 0 Å². The molecule has 2 aromatic heterocycles. The molecule has 96 valence electrons. The van der Waals surface area contributed by atoms with Crippen molar-refractivity contribution >= 4 is 44.7 Å². The maximum atomic E-state index is 6.07. The first kappa shape index (κ1) is 12.3. The number of hydrogen-bond donors (Lipinski definition) is 1. The lowest BCUT2D eigenvalue weighted by molar-refractivity contribution is 1.05. The van der Waals surface area contributed by atoms with Crippen molar-refractivity contribution in [1.82, 2.24) is 15.0 Å². The highest BCUT2D eigenvalue weighted by Crippen LogP contribution is 2.27. The van der Waals surface area contributed by atoms with Crippen LogP contribution in [0.15, 0.2) is 30.0 Å². The summed E-state index contributed by atoms with van der Waals surface area (Å²) < 4.78 is 1.14. The third-order valence-corrected chi connectivity index (χ3v) is 3.96. The molecule has 0 aliphatic carbocycles. The van der Waals surface area contributed by atoms with Crippen LogP contribution in [0.2, 0.25) is 5.15 Å². The van der Waals surface area contributed by atoms with Crippen molar-refractivity contribution in [3.63, 3.8) is 0 Å². The minimum absolute atomic E-state index is 0.499. The molecule has 1 N–H and O–H groups in total. The number of thiazole rings is 1. The van der Waals surface area contributed by atoms with E-state index in [1.165, 1.54) is 6.33 Å². The largest absolute Gasteiger partial charge is 0.340 e. The molecule has 0 unspecified atom stereocenters. The van der Waals surface area contributed by atoms with Gasteiger partial charge >= 0.3 is 0 Å². The highest BCUT2D eigenvalue weighted by molar-refractivity contribution is 7.16. The molecule has 0 saturated heterocycles. The van der Waals surface area contributed by atoms with Gasteiger partial charge in [0.05, 0.1) is 15.7 Å². The third-order valence-electron chi connectivity index (χ3n) is 2.84. The summed E-state index contributed by atoms with van der Waals surface area (Å²) in [5, 5.41) is 3.79. The Morgan fingerprint density at radius 2 is 2.16 bits per heavy atom. The number of rotatable bonds is 3. The Kier molecular flexibility index (Phi) is 3.31. The maximum Gasteiger partial charge on any atom is 0.138 e. The standard InChI is InChI=1S/C13H11ClN4S/c1-2-9-12(14)15-6-16-13(9)18-8-3-4-10-11(5-8)19-7-17-10/h3-7H,2H2,1H3,(H,15,16,18). The van der Waals surface area contributed by atoms with E-state index in [0.29, 0.717) is 5.15 Å². The summed E-state index contributed by atoms with van der Waals surface area (Å²) in [6.45, 7) is 2.03. The van der Waals surface area contributed by atoms with E-state index in [2.05, 4.69) is 26.3 Å². The fourth-order valence-electron chi connectivity index (χ4n) is 1.88. The molecule has 0 spiro atoms. The lowest BCUT2D eigenvalue weighted by Gasteiger charge is -2.10. The van der Waals surface area contributed by atoms with Gasteiger partial charge < -0.3 is 5.32 Å². The van der Waals surface area contributed by atoms with Crippen LogP contribution in [-0.2, 0) is 6.42 Å². The second kappa shape index (κ2) is 5.11. The monoisotopic (exact) mass is 290 g/mol. The van der Waals surface area contributed by atoms with Crippen molar-refractivity contribution in [2.45, 2.75) is 13.3 Å². The zero-order valence-electron chi connectivity index (χ0n) is 10.2. The van der Waals surface area contributed by atoms with E-state index in [9.17, 15) is 0 Å². The van der Waals surface area contributed by atoms with Gasteiger partial charge in [-0.15, -0.1) is 11.3 Å². The molecule has 3 rings (SSSR count). The predicted octanol–water partition coefficient (Wildman–Crippen LogP) is 4.05. The Balaban J connectivity index is 1.98. The molecule has 0 fully saturated rings. The van der Waals surface area contributed by atoms with Crippen LogP contribution < -0.4 is 5.32 Å². The van der Waals surface area contributed by atoms with E-state index in [1.54, 1.807) is 11.3 Å². The number of hydrogen-bond acceptors (Lipinski definition) is 5. The molecule has 2 heterocycles. The molecule has 0 radical (unpaired) electrons. The fourth-order valence-corrected chi connectivity index (χ4v) is 2.86. The van der Waals surface area contributed by atoms with Gasteiger partial charge in [0.25, 0.3) is 0 Å². The lowest BCUT2D eigenvalue weighted by atomic mass is 10.2. The van der Waals surface area contributed by atoms with Gasteiger partial charge in [-0.25, -0.2) is 15.0 Å². The van der Waals surface area contributed by atoms with Gasteiger partial charge in [-0.1, -0.05) is 18.5 Å². The van der Waals surface area contributed by atoms with Crippen LogP contribution in [0.1, 0.15) is 12.5 Å². The highest BCUT2D eigenvalue weighted by atomic mass is 35.5. The van der Waals surface area contributed by atoms with E-state index >= 15 is 0 Å². The summed E-state index contributed by atoms with van der Waals surface area (Å²) in [5.41, 5.74) is 4.75. The minimum atomic E-state index is 0.499. The maximum absolute atomic E-state index is 6.07. The van der Waals surface area contributed by atoms with Crippen molar-refractivity contribution in [1.29, 1.82) is 0 Å². The number of halogens is 1. The smallest absolute Gasteiger partial charge is 0.138 e. The molecule has 19 heavy (non-hydrogen) atoms. The Labute approximate surface area is 119 Å². The van der Waals surface area contributed by atoms with Crippen molar-refractivity contribution in [2.24, 2.45) is 0 Å². The van der Waals surface area contributed by atoms with E-state index in [1.807, 2.05) is 24.6 Å². The minimum Gasteiger partial charge on any atom is -0.340 e. The highest BCUT2D eigenvalue weighted by Gasteiger charge is 2.08. The Morgan fingerprint density at radius 3 is 3.00 bits per heavy atom. The van der Waals surface area contributed by atoms with Gasteiger partial charge in [0.1, 0.15) is 17.3 Å². The van der Waals surface area contributed by atoms with Crippen LogP contribution in [0, 0.1) is 0 Å². The van der Waals surface area contributed by atoms with E-state index in [-0.39, 0.29) is 0 Å². The molecular formula is C13H11ClN4S. The summed E-state index contributed by atoms with van der Waals surface area (Å²) in [6, 6.07) is 6.03. The molecule has 4 nitrogen and oxygen atoms in total. The van der Waals surface area contributed by atoms with Crippen LogP contribution >= 0.6 is 22.9 Å². The normalized spacial score (nSPS) is 10.8. The van der Waals surface area contributed by atoms with Gasteiger partial charge in [-0.05, 0) is 24.6 Å².